The molecular formula is C15H18F3NO3. The molecule has 1 heterocycles. The van der Waals surface area contributed by atoms with Crippen molar-refractivity contribution in [2.75, 3.05) is 26.8 Å². The number of alkyl halides is 3. The molecule has 1 amide bonds. The van der Waals surface area contributed by atoms with Crippen molar-refractivity contribution >= 4 is 5.91 Å². The number of rotatable bonds is 6. The van der Waals surface area contributed by atoms with Gasteiger partial charge in [0.2, 0.25) is 5.91 Å². The number of likely N-dealkylation sites (tertiary alicyclic amines) is 1. The van der Waals surface area contributed by atoms with Crippen molar-refractivity contribution in [3.8, 4) is 5.75 Å². The number of hydrogen-bond acceptors (Lipinski definition) is 3. The zero-order valence-corrected chi connectivity index (χ0v) is 12.2. The molecule has 0 N–H and O–H groups in total. The fourth-order valence-corrected chi connectivity index (χ4v) is 2.57. The number of hydrogen-bond donors (Lipinski definition) is 0. The van der Waals surface area contributed by atoms with Gasteiger partial charge in [0.05, 0.1) is 6.61 Å². The maximum Gasteiger partial charge on any atom is 0.573 e. The Balaban J connectivity index is 1.88. The third-order valence-corrected chi connectivity index (χ3v) is 3.54. The van der Waals surface area contributed by atoms with E-state index >= 15 is 0 Å². The van der Waals surface area contributed by atoms with Crippen molar-refractivity contribution in [2.45, 2.75) is 19.2 Å². The Morgan fingerprint density at radius 1 is 1.27 bits per heavy atom. The van der Waals surface area contributed by atoms with Crippen molar-refractivity contribution in [1.82, 2.24) is 4.90 Å². The molecule has 22 heavy (non-hydrogen) atoms. The quantitative estimate of drug-likeness (QED) is 0.809. The van der Waals surface area contributed by atoms with Gasteiger partial charge in [0, 0.05) is 26.6 Å². The summed E-state index contributed by atoms with van der Waals surface area (Å²) in [6.45, 7) is 1.73. The van der Waals surface area contributed by atoms with E-state index in [1.807, 2.05) is 0 Å². The first-order valence-corrected chi connectivity index (χ1v) is 6.99. The summed E-state index contributed by atoms with van der Waals surface area (Å²) >= 11 is 0. The molecule has 1 aromatic rings. The molecule has 0 saturated carbocycles. The summed E-state index contributed by atoms with van der Waals surface area (Å²) in [5, 5.41) is 0. The van der Waals surface area contributed by atoms with Gasteiger partial charge in [-0.25, -0.2) is 0 Å². The Morgan fingerprint density at radius 3 is 2.55 bits per heavy atom. The van der Waals surface area contributed by atoms with Crippen LogP contribution < -0.4 is 4.74 Å². The summed E-state index contributed by atoms with van der Waals surface area (Å²) in [6.07, 6.45) is -3.56. The van der Waals surface area contributed by atoms with Crippen molar-refractivity contribution in [2.24, 2.45) is 5.92 Å². The summed E-state index contributed by atoms with van der Waals surface area (Å²) in [5.74, 6) is 0.0401. The average Bonchev–Trinajstić information content (AvgIpc) is 2.77. The van der Waals surface area contributed by atoms with E-state index in [1.165, 1.54) is 12.1 Å². The van der Waals surface area contributed by atoms with Crippen molar-refractivity contribution in [3.63, 3.8) is 0 Å². The van der Waals surface area contributed by atoms with Crippen LogP contribution in [0.15, 0.2) is 24.3 Å². The van der Waals surface area contributed by atoms with Gasteiger partial charge < -0.3 is 14.4 Å². The Morgan fingerprint density at radius 2 is 1.95 bits per heavy atom. The van der Waals surface area contributed by atoms with E-state index in [0.29, 0.717) is 32.5 Å². The second-order valence-electron chi connectivity index (χ2n) is 5.30. The van der Waals surface area contributed by atoms with E-state index in [1.54, 1.807) is 24.1 Å². The fourth-order valence-electron chi connectivity index (χ4n) is 2.57. The molecule has 0 bridgehead atoms. The minimum absolute atomic E-state index is 0.0964. The topological polar surface area (TPSA) is 38.8 Å². The minimum atomic E-state index is -4.68. The molecule has 122 valence electrons. The van der Waals surface area contributed by atoms with Crippen LogP contribution in [0.1, 0.15) is 12.0 Å². The monoisotopic (exact) mass is 317 g/mol. The summed E-state index contributed by atoms with van der Waals surface area (Å²) < 4.78 is 45.0. The molecule has 0 aromatic heterocycles. The Labute approximate surface area is 126 Å². The van der Waals surface area contributed by atoms with E-state index in [2.05, 4.69) is 4.74 Å². The molecule has 0 spiro atoms. The van der Waals surface area contributed by atoms with Crippen LogP contribution in [0, 0.1) is 5.92 Å². The van der Waals surface area contributed by atoms with E-state index in [0.717, 1.165) is 5.56 Å². The first-order chi connectivity index (χ1) is 10.4. The van der Waals surface area contributed by atoms with Crippen LogP contribution in [-0.4, -0.2) is 44.0 Å². The number of carbonyl (C=O) groups is 1. The van der Waals surface area contributed by atoms with Gasteiger partial charge in [-0.05, 0) is 30.0 Å². The molecule has 1 unspecified atom stereocenters. The lowest BCUT2D eigenvalue weighted by atomic mass is 9.98. The van der Waals surface area contributed by atoms with Gasteiger partial charge in [0.15, 0.2) is 0 Å². The maximum atomic E-state index is 12.1. The maximum absolute atomic E-state index is 12.1. The van der Waals surface area contributed by atoms with E-state index in [4.69, 9.17) is 4.74 Å². The molecule has 1 aromatic carbocycles. The number of amides is 1. The molecule has 2 rings (SSSR count). The summed E-state index contributed by atoms with van der Waals surface area (Å²) in [4.78, 5) is 13.6. The van der Waals surface area contributed by atoms with Crippen LogP contribution in [0.4, 0.5) is 13.2 Å². The normalized spacial score (nSPS) is 18.8. The van der Waals surface area contributed by atoms with Gasteiger partial charge in [-0.3, -0.25) is 4.79 Å². The predicted molar refractivity (Wildman–Crippen MR) is 73.4 cm³/mol. The van der Waals surface area contributed by atoms with Crippen LogP contribution in [0.25, 0.3) is 0 Å². The second kappa shape index (κ2) is 7.00. The highest BCUT2D eigenvalue weighted by Gasteiger charge is 2.31. The molecular weight excluding hydrogens is 299 g/mol. The number of benzene rings is 1. The lowest BCUT2D eigenvalue weighted by Gasteiger charge is -2.16. The van der Waals surface area contributed by atoms with Gasteiger partial charge >= 0.3 is 6.36 Å². The highest BCUT2D eigenvalue weighted by molar-refractivity contribution is 5.78. The molecule has 0 radical (unpaired) electrons. The van der Waals surface area contributed by atoms with Gasteiger partial charge in [-0.2, -0.15) is 0 Å². The van der Waals surface area contributed by atoms with Crippen LogP contribution >= 0.6 is 0 Å². The SMILES string of the molecule is COCCN1CC(Cc2ccc(OC(F)(F)F)cc2)CC1=O. The first-order valence-electron chi connectivity index (χ1n) is 6.99. The smallest absolute Gasteiger partial charge is 0.406 e. The lowest BCUT2D eigenvalue weighted by molar-refractivity contribution is -0.274. The number of nitrogens with zero attached hydrogens (tertiary/aromatic N) is 1. The van der Waals surface area contributed by atoms with Crippen LogP contribution in [-0.2, 0) is 16.0 Å². The van der Waals surface area contributed by atoms with Crippen LogP contribution in [0.2, 0.25) is 0 Å². The molecule has 1 aliphatic heterocycles. The number of carbonyl (C=O) groups excluding carboxylic acids is 1. The number of methoxy groups -OCH3 is 1. The number of halogens is 3. The molecule has 1 saturated heterocycles. The number of ether oxygens (including phenoxy) is 2. The van der Waals surface area contributed by atoms with Crippen LogP contribution in [0.5, 0.6) is 5.75 Å². The van der Waals surface area contributed by atoms with Gasteiger partial charge in [0.1, 0.15) is 5.75 Å². The molecule has 0 aliphatic carbocycles. The predicted octanol–water partition coefficient (Wildman–Crippen LogP) is 2.62. The summed E-state index contributed by atoms with van der Waals surface area (Å²) in [6, 6.07) is 5.79. The lowest BCUT2D eigenvalue weighted by Crippen LogP contribution is -2.28. The Kier molecular flexibility index (Phi) is 5.28. The standard InChI is InChI=1S/C15H18F3NO3/c1-21-7-6-19-10-12(9-14(19)20)8-11-2-4-13(5-3-11)22-15(16,17)18/h2-5,12H,6-10H2,1H3. The van der Waals surface area contributed by atoms with Gasteiger partial charge in [-0.15, -0.1) is 13.2 Å². The summed E-state index contributed by atoms with van der Waals surface area (Å²) in [7, 11) is 1.59. The van der Waals surface area contributed by atoms with Crippen molar-refractivity contribution < 1.29 is 27.4 Å². The average molecular weight is 317 g/mol. The first kappa shape index (κ1) is 16.6. The van der Waals surface area contributed by atoms with Gasteiger partial charge in [-0.1, -0.05) is 12.1 Å². The summed E-state index contributed by atoms with van der Waals surface area (Å²) in [5.41, 5.74) is 0.890. The molecule has 4 nitrogen and oxygen atoms in total. The third kappa shape index (κ3) is 4.91. The van der Waals surface area contributed by atoms with Gasteiger partial charge in [0.25, 0.3) is 0 Å². The highest BCUT2D eigenvalue weighted by Crippen LogP contribution is 2.25. The highest BCUT2D eigenvalue weighted by atomic mass is 19.4. The largest absolute Gasteiger partial charge is 0.573 e. The minimum Gasteiger partial charge on any atom is -0.406 e. The van der Waals surface area contributed by atoms with Crippen LogP contribution in [0.3, 0.4) is 0 Å². The van der Waals surface area contributed by atoms with E-state index in [9.17, 15) is 18.0 Å². The zero-order chi connectivity index (χ0) is 16.2. The zero-order valence-electron chi connectivity index (χ0n) is 12.2. The fraction of sp³-hybridized carbons (Fsp3) is 0.533. The van der Waals surface area contributed by atoms with E-state index < -0.39 is 6.36 Å². The van der Waals surface area contributed by atoms with Crippen molar-refractivity contribution in [3.05, 3.63) is 29.8 Å². The molecule has 7 heteroatoms. The molecule has 1 fully saturated rings. The molecule has 1 atom stereocenters. The Bertz CT molecular complexity index is 502. The Hall–Kier alpha value is -1.76. The van der Waals surface area contributed by atoms with E-state index in [-0.39, 0.29) is 17.6 Å². The molecule has 1 aliphatic rings. The second-order valence-corrected chi connectivity index (χ2v) is 5.30. The third-order valence-electron chi connectivity index (χ3n) is 3.54. The van der Waals surface area contributed by atoms with Crippen molar-refractivity contribution in [1.29, 1.82) is 0 Å².